The van der Waals surface area contributed by atoms with Crippen molar-refractivity contribution in [3.05, 3.63) is 0 Å². The van der Waals surface area contributed by atoms with Crippen LogP contribution in [0.5, 0.6) is 0 Å². The summed E-state index contributed by atoms with van der Waals surface area (Å²) in [5.74, 6) is 0.125. The number of piperidine rings is 2. The zero-order chi connectivity index (χ0) is 11.8. The third-order valence-corrected chi connectivity index (χ3v) is 4.48. The largest absolute Gasteiger partial charge is 0.298 e. The van der Waals surface area contributed by atoms with Gasteiger partial charge in [0.15, 0.2) is 0 Å². The summed E-state index contributed by atoms with van der Waals surface area (Å²) in [4.78, 5) is 27.8. The number of rotatable bonds is 1. The molecule has 17 heavy (non-hydrogen) atoms. The number of fused-ring (bicyclic) bond motifs is 1. The van der Waals surface area contributed by atoms with E-state index >= 15 is 0 Å². The fraction of sp³-hybridized carbons (Fsp3) is 0.846. The standard InChI is InChI=1S/C13H20N2O2/c16-12-6-7-13(17)15(12)11-5-3-9-14-8-2-1-4-10(11)14/h10-11H,1-9H2/t10-,11+/m0/s1. The highest BCUT2D eigenvalue weighted by Crippen LogP contribution is 2.32. The summed E-state index contributed by atoms with van der Waals surface area (Å²) in [6, 6.07) is 0.620. The van der Waals surface area contributed by atoms with Gasteiger partial charge >= 0.3 is 0 Å². The van der Waals surface area contributed by atoms with E-state index in [0.717, 1.165) is 32.4 Å². The first-order valence-corrected chi connectivity index (χ1v) is 6.86. The second kappa shape index (κ2) is 4.41. The Morgan fingerprint density at radius 2 is 1.47 bits per heavy atom. The molecule has 4 heteroatoms. The average Bonchev–Trinajstić information content (AvgIpc) is 2.69. The highest BCUT2D eigenvalue weighted by Gasteiger charge is 2.42. The Labute approximate surface area is 102 Å². The van der Waals surface area contributed by atoms with E-state index in [2.05, 4.69) is 4.90 Å². The van der Waals surface area contributed by atoms with Gasteiger partial charge in [-0.2, -0.15) is 0 Å². The Hall–Kier alpha value is -0.900. The summed E-state index contributed by atoms with van der Waals surface area (Å²) in [6.45, 7) is 2.30. The normalized spacial score (nSPS) is 35.2. The lowest BCUT2D eigenvalue weighted by atomic mass is 9.88. The van der Waals surface area contributed by atoms with Crippen molar-refractivity contribution < 1.29 is 9.59 Å². The first-order chi connectivity index (χ1) is 8.27. The topological polar surface area (TPSA) is 40.6 Å². The number of amides is 2. The molecule has 3 aliphatic rings. The van der Waals surface area contributed by atoms with E-state index < -0.39 is 0 Å². The van der Waals surface area contributed by atoms with Crippen molar-refractivity contribution in [2.75, 3.05) is 13.1 Å². The summed E-state index contributed by atoms with van der Waals surface area (Å²) in [5, 5.41) is 0. The molecule has 0 saturated carbocycles. The van der Waals surface area contributed by atoms with Crippen molar-refractivity contribution in [2.24, 2.45) is 0 Å². The molecular weight excluding hydrogens is 216 g/mol. The van der Waals surface area contributed by atoms with Crippen LogP contribution in [0.4, 0.5) is 0 Å². The van der Waals surface area contributed by atoms with Gasteiger partial charge in [0, 0.05) is 18.9 Å². The van der Waals surface area contributed by atoms with Crippen molar-refractivity contribution in [3.8, 4) is 0 Å². The maximum absolute atomic E-state index is 11.8. The van der Waals surface area contributed by atoms with Gasteiger partial charge in [0.05, 0.1) is 6.04 Å². The van der Waals surface area contributed by atoms with E-state index in [1.807, 2.05) is 0 Å². The van der Waals surface area contributed by atoms with E-state index in [-0.39, 0.29) is 17.9 Å². The van der Waals surface area contributed by atoms with Gasteiger partial charge in [0.1, 0.15) is 0 Å². The van der Waals surface area contributed by atoms with Crippen molar-refractivity contribution in [1.82, 2.24) is 9.80 Å². The zero-order valence-corrected chi connectivity index (χ0v) is 10.2. The van der Waals surface area contributed by atoms with Crippen molar-refractivity contribution in [2.45, 2.75) is 57.0 Å². The lowest BCUT2D eigenvalue weighted by molar-refractivity contribution is -0.144. The zero-order valence-electron chi connectivity index (χ0n) is 10.2. The smallest absolute Gasteiger partial charge is 0.229 e. The molecule has 0 bridgehead atoms. The second-order valence-electron chi connectivity index (χ2n) is 5.47. The van der Waals surface area contributed by atoms with E-state index in [4.69, 9.17) is 0 Å². The average molecular weight is 236 g/mol. The molecule has 3 heterocycles. The van der Waals surface area contributed by atoms with Crippen molar-refractivity contribution in [3.63, 3.8) is 0 Å². The molecule has 3 aliphatic heterocycles. The Morgan fingerprint density at radius 3 is 2.24 bits per heavy atom. The Morgan fingerprint density at radius 1 is 0.824 bits per heavy atom. The monoisotopic (exact) mass is 236 g/mol. The van der Waals surface area contributed by atoms with Crippen LogP contribution in [0.3, 0.4) is 0 Å². The van der Waals surface area contributed by atoms with Crippen LogP contribution in [-0.4, -0.2) is 46.8 Å². The minimum Gasteiger partial charge on any atom is -0.298 e. The molecule has 0 aromatic carbocycles. The highest BCUT2D eigenvalue weighted by atomic mass is 16.2. The molecule has 0 aromatic rings. The number of hydrogen-bond acceptors (Lipinski definition) is 3. The molecule has 0 unspecified atom stereocenters. The summed E-state index contributed by atoms with van der Waals surface area (Å²) < 4.78 is 0. The molecule has 0 aromatic heterocycles. The summed E-state index contributed by atoms with van der Waals surface area (Å²) >= 11 is 0. The third kappa shape index (κ3) is 1.88. The van der Waals surface area contributed by atoms with Crippen LogP contribution in [-0.2, 0) is 9.59 Å². The Balaban J connectivity index is 1.80. The number of nitrogens with zero attached hydrogens (tertiary/aromatic N) is 2. The van der Waals surface area contributed by atoms with E-state index in [1.54, 1.807) is 4.90 Å². The van der Waals surface area contributed by atoms with Gasteiger partial charge in [0.25, 0.3) is 0 Å². The fourth-order valence-electron chi connectivity index (χ4n) is 3.69. The number of carbonyl (C=O) groups is 2. The fourth-order valence-corrected chi connectivity index (χ4v) is 3.69. The van der Waals surface area contributed by atoms with Crippen molar-refractivity contribution >= 4 is 11.8 Å². The molecule has 3 saturated heterocycles. The lowest BCUT2D eigenvalue weighted by Gasteiger charge is -2.46. The van der Waals surface area contributed by atoms with Crippen molar-refractivity contribution in [1.29, 1.82) is 0 Å². The lowest BCUT2D eigenvalue weighted by Crippen LogP contribution is -2.58. The first kappa shape index (κ1) is 11.2. The molecule has 2 atom stereocenters. The second-order valence-corrected chi connectivity index (χ2v) is 5.47. The maximum Gasteiger partial charge on any atom is 0.229 e. The Bertz CT molecular complexity index is 324. The molecule has 4 nitrogen and oxygen atoms in total. The van der Waals surface area contributed by atoms with Gasteiger partial charge < -0.3 is 0 Å². The predicted octanol–water partition coefficient (Wildman–Crippen LogP) is 1.15. The minimum absolute atomic E-state index is 0.0624. The third-order valence-electron chi connectivity index (χ3n) is 4.48. The molecule has 0 aliphatic carbocycles. The van der Waals surface area contributed by atoms with E-state index in [0.29, 0.717) is 18.9 Å². The number of imide groups is 1. The van der Waals surface area contributed by atoms with Crippen LogP contribution in [0.1, 0.15) is 44.9 Å². The van der Waals surface area contributed by atoms with Gasteiger partial charge in [-0.05, 0) is 38.8 Å². The molecule has 3 fully saturated rings. The summed E-state index contributed by atoms with van der Waals surface area (Å²) in [5.41, 5.74) is 0. The van der Waals surface area contributed by atoms with Gasteiger partial charge in [0.2, 0.25) is 11.8 Å². The first-order valence-electron chi connectivity index (χ1n) is 6.86. The van der Waals surface area contributed by atoms with Crippen LogP contribution in [0, 0.1) is 0 Å². The van der Waals surface area contributed by atoms with Crippen LogP contribution in [0.15, 0.2) is 0 Å². The molecule has 3 rings (SSSR count). The number of carbonyl (C=O) groups excluding carboxylic acids is 2. The maximum atomic E-state index is 11.8. The molecular formula is C13H20N2O2. The van der Waals surface area contributed by atoms with Gasteiger partial charge in [-0.3, -0.25) is 19.4 Å². The van der Waals surface area contributed by atoms with Crippen LogP contribution in [0.2, 0.25) is 0 Å². The molecule has 0 radical (unpaired) electrons. The predicted molar refractivity (Wildman–Crippen MR) is 63.3 cm³/mol. The summed E-state index contributed by atoms with van der Waals surface area (Å²) in [7, 11) is 0. The molecule has 94 valence electrons. The van der Waals surface area contributed by atoms with E-state index in [9.17, 15) is 9.59 Å². The highest BCUT2D eigenvalue weighted by molar-refractivity contribution is 6.02. The Kier molecular flexibility index (Phi) is 2.90. The SMILES string of the molecule is O=C1CCC(=O)N1[C@@H]1CCCN2CCCC[C@@H]12. The van der Waals surface area contributed by atoms with Crippen LogP contribution < -0.4 is 0 Å². The van der Waals surface area contributed by atoms with Crippen LogP contribution >= 0.6 is 0 Å². The minimum atomic E-state index is 0.0624. The van der Waals surface area contributed by atoms with Crippen LogP contribution in [0.25, 0.3) is 0 Å². The molecule has 0 N–H and O–H groups in total. The molecule has 0 spiro atoms. The van der Waals surface area contributed by atoms with E-state index in [1.165, 1.54) is 12.8 Å². The number of hydrogen-bond donors (Lipinski definition) is 0. The number of likely N-dealkylation sites (tertiary alicyclic amines) is 1. The summed E-state index contributed by atoms with van der Waals surface area (Å²) in [6.07, 6.45) is 6.67. The van der Waals surface area contributed by atoms with Gasteiger partial charge in [-0.15, -0.1) is 0 Å². The quantitative estimate of drug-likeness (QED) is 0.641. The van der Waals surface area contributed by atoms with Gasteiger partial charge in [-0.1, -0.05) is 6.42 Å². The van der Waals surface area contributed by atoms with Gasteiger partial charge in [-0.25, -0.2) is 0 Å². The molecule has 2 amide bonds.